The van der Waals surface area contributed by atoms with E-state index in [9.17, 15) is 4.79 Å². The molecule has 7 heteroatoms. The van der Waals surface area contributed by atoms with Gasteiger partial charge >= 0.3 is 0 Å². The van der Waals surface area contributed by atoms with Gasteiger partial charge in [-0.15, -0.1) is 0 Å². The van der Waals surface area contributed by atoms with Crippen LogP contribution in [-0.4, -0.2) is 34.4 Å². The summed E-state index contributed by atoms with van der Waals surface area (Å²) in [5.74, 6) is 0.873. The van der Waals surface area contributed by atoms with Gasteiger partial charge in [-0.1, -0.05) is 0 Å². The topological polar surface area (TPSA) is 78.3 Å². The standard InChI is InChI=1S/C18H20N4O3/c1-11-9-16(20-18-17(11)12(2)21-22(18)3)25-10-15(23)19-13-5-7-14(24-4)8-6-13/h5-9H,10H2,1-4H3,(H,19,23). The molecule has 2 heterocycles. The Labute approximate surface area is 145 Å². The van der Waals surface area contributed by atoms with E-state index in [1.165, 1.54) is 0 Å². The van der Waals surface area contributed by atoms with Crippen molar-refractivity contribution in [2.75, 3.05) is 19.0 Å². The van der Waals surface area contributed by atoms with E-state index in [1.807, 2.05) is 27.0 Å². The molecule has 0 bridgehead atoms. The lowest BCUT2D eigenvalue weighted by Gasteiger charge is -2.09. The molecule has 130 valence electrons. The third-order valence-corrected chi connectivity index (χ3v) is 3.87. The number of rotatable bonds is 5. The quantitative estimate of drug-likeness (QED) is 0.772. The molecule has 0 saturated heterocycles. The number of carbonyl (C=O) groups excluding carboxylic acids is 1. The first-order valence-corrected chi connectivity index (χ1v) is 7.85. The molecule has 0 fully saturated rings. The van der Waals surface area contributed by atoms with Gasteiger partial charge in [0.2, 0.25) is 5.88 Å². The zero-order valence-corrected chi connectivity index (χ0v) is 14.7. The Morgan fingerprint density at radius 2 is 1.96 bits per heavy atom. The fourth-order valence-electron chi connectivity index (χ4n) is 2.71. The molecule has 7 nitrogen and oxygen atoms in total. The first-order chi connectivity index (χ1) is 12.0. The second-order valence-corrected chi connectivity index (χ2v) is 5.75. The van der Waals surface area contributed by atoms with Crippen molar-refractivity contribution in [1.29, 1.82) is 0 Å². The molecule has 3 aromatic rings. The van der Waals surface area contributed by atoms with Crippen molar-refractivity contribution in [2.45, 2.75) is 13.8 Å². The van der Waals surface area contributed by atoms with Crippen LogP contribution in [-0.2, 0) is 11.8 Å². The van der Waals surface area contributed by atoms with E-state index in [0.717, 1.165) is 28.0 Å². The predicted octanol–water partition coefficient (Wildman–Crippen LogP) is 2.61. The molecule has 0 saturated carbocycles. The fourth-order valence-corrected chi connectivity index (χ4v) is 2.71. The highest BCUT2D eigenvalue weighted by molar-refractivity contribution is 5.92. The molecule has 0 unspecified atom stereocenters. The summed E-state index contributed by atoms with van der Waals surface area (Å²) in [7, 11) is 3.43. The zero-order valence-electron chi connectivity index (χ0n) is 14.7. The van der Waals surface area contributed by atoms with E-state index in [2.05, 4.69) is 15.4 Å². The van der Waals surface area contributed by atoms with E-state index in [-0.39, 0.29) is 12.5 Å². The van der Waals surface area contributed by atoms with Gasteiger partial charge in [0.25, 0.3) is 5.91 Å². The normalized spacial score (nSPS) is 10.7. The number of nitrogens with zero attached hydrogens (tertiary/aromatic N) is 3. The number of anilines is 1. The summed E-state index contributed by atoms with van der Waals surface area (Å²) in [6.45, 7) is 3.80. The second kappa shape index (κ2) is 6.80. The van der Waals surface area contributed by atoms with Crippen molar-refractivity contribution in [2.24, 2.45) is 7.05 Å². The van der Waals surface area contributed by atoms with Crippen molar-refractivity contribution in [1.82, 2.24) is 14.8 Å². The van der Waals surface area contributed by atoms with Crippen LogP contribution in [0.1, 0.15) is 11.3 Å². The lowest BCUT2D eigenvalue weighted by Crippen LogP contribution is -2.20. The lowest BCUT2D eigenvalue weighted by molar-refractivity contribution is -0.118. The van der Waals surface area contributed by atoms with Gasteiger partial charge < -0.3 is 14.8 Å². The van der Waals surface area contributed by atoms with Crippen molar-refractivity contribution < 1.29 is 14.3 Å². The Kier molecular flexibility index (Phi) is 4.56. The maximum absolute atomic E-state index is 12.0. The van der Waals surface area contributed by atoms with Crippen molar-refractivity contribution in [3.05, 3.63) is 41.6 Å². The number of aryl methyl sites for hydroxylation is 3. The molecule has 3 rings (SSSR count). The Morgan fingerprint density at radius 1 is 1.24 bits per heavy atom. The van der Waals surface area contributed by atoms with Crippen LogP contribution < -0.4 is 14.8 Å². The van der Waals surface area contributed by atoms with Crippen molar-refractivity contribution >= 4 is 22.6 Å². The number of pyridine rings is 1. The van der Waals surface area contributed by atoms with Crippen LogP contribution in [0.2, 0.25) is 0 Å². The minimum atomic E-state index is -0.258. The average molecular weight is 340 g/mol. The maximum atomic E-state index is 12.0. The van der Waals surface area contributed by atoms with Gasteiger partial charge in [0.15, 0.2) is 12.3 Å². The molecule has 0 spiro atoms. The molecule has 1 N–H and O–H groups in total. The minimum absolute atomic E-state index is 0.124. The third-order valence-electron chi connectivity index (χ3n) is 3.87. The van der Waals surface area contributed by atoms with E-state index in [4.69, 9.17) is 9.47 Å². The summed E-state index contributed by atoms with van der Waals surface area (Å²) in [5, 5.41) is 8.14. The summed E-state index contributed by atoms with van der Waals surface area (Å²) in [5.41, 5.74) is 3.35. The molecule has 25 heavy (non-hydrogen) atoms. The van der Waals surface area contributed by atoms with Crippen LogP contribution in [0.15, 0.2) is 30.3 Å². The monoisotopic (exact) mass is 340 g/mol. The number of nitrogens with one attached hydrogen (secondary N) is 1. The van der Waals surface area contributed by atoms with Gasteiger partial charge in [-0.2, -0.15) is 10.1 Å². The van der Waals surface area contributed by atoms with Crippen LogP contribution in [0.3, 0.4) is 0 Å². The molecule has 2 aromatic heterocycles. The second-order valence-electron chi connectivity index (χ2n) is 5.75. The number of hydrogen-bond acceptors (Lipinski definition) is 5. The smallest absolute Gasteiger partial charge is 0.262 e. The minimum Gasteiger partial charge on any atom is -0.497 e. The Balaban J connectivity index is 1.67. The third kappa shape index (κ3) is 3.55. The number of methoxy groups -OCH3 is 1. The van der Waals surface area contributed by atoms with Crippen LogP contribution in [0.5, 0.6) is 11.6 Å². The Hall–Kier alpha value is -3.09. The lowest BCUT2D eigenvalue weighted by atomic mass is 10.2. The molecule has 0 aliphatic heterocycles. The number of aromatic nitrogens is 3. The average Bonchev–Trinajstić information content (AvgIpc) is 2.88. The molecular weight excluding hydrogens is 320 g/mol. The predicted molar refractivity (Wildman–Crippen MR) is 95.1 cm³/mol. The zero-order chi connectivity index (χ0) is 18.0. The van der Waals surface area contributed by atoms with E-state index in [0.29, 0.717) is 11.6 Å². The highest BCUT2D eigenvalue weighted by Gasteiger charge is 2.12. The van der Waals surface area contributed by atoms with Crippen LogP contribution in [0, 0.1) is 13.8 Å². The Morgan fingerprint density at radius 3 is 2.64 bits per heavy atom. The number of hydrogen-bond donors (Lipinski definition) is 1. The van der Waals surface area contributed by atoms with E-state index < -0.39 is 0 Å². The molecule has 0 radical (unpaired) electrons. The number of ether oxygens (including phenoxy) is 2. The van der Waals surface area contributed by atoms with Crippen LogP contribution in [0.4, 0.5) is 5.69 Å². The molecule has 1 amide bonds. The van der Waals surface area contributed by atoms with Gasteiger partial charge in [-0.3, -0.25) is 9.48 Å². The van der Waals surface area contributed by atoms with Crippen LogP contribution >= 0.6 is 0 Å². The summed E-state index contributed by atoms with van der Waals surface area (Å²) >= 11 is 0. The maximum Gasteiger partial charge on any atom is 0.262 e. The Bertz CT molecular complexity index is 916. The highest BCUT2D eigenvalue weighted by atomic mass is 16.5. The number of fused-ring (bicyclic) bond motifs is 1. The first kappa shape index (κ1) is 16.8. The van der Waals surface area contributed by atoms with E-state index in [1.54, 1.807) is 36.1 Å². The first-order valence-electron chi connectivity index (χ1n) is 7.85. The summed E-state index contributed by atoms with van der Waals surface area (Å²) in [6, 6.07) is 8.91. The van der Waals surface area contributed by atoms with Gasteiger partial charge in [-0.25, -0.2) is 0 Å². The largest absolute Gasteiger partial charge is 0.497 e. The van der Waals surface area contributed by atoms with Gasteiger partial charge in [0.1, 0.15) is 5.75 Å². The number of carbonyl (C=O) groups is 1. The van der Waals surface area contributed by atoms with Gasteiger partial charge in [0.05, 0.1) is 12.8 Å². The highest BCUT2D eigenvalue weighted by Crippen LogP contribution is 2.23. The molecular formula is C18H20N4O3. The fraction of sp³-hybridized carbons (Fsp3) is 0.278. The summed E-state index contributed by atoms with van der Waals surface area (Å²) in [4.78, 5) is 16.5. The number of benzene rings is 1. The molecule has 0 atom stereocenters. The molecule has 1 aromatic carbocycles. The molecule has 0 aliphatic rings. The van der Waals surface area contributed by atoms with Crippen molar-refractivity contribution in [3.63, 3.8) is 0 Å². The summed E-state index contributed by atoms with van der Waals surface area (Å²) < 4.78 is 12.3. The SMILES string of the molecule is COc1ccc(NC(=O)COc2cc(C)c3c(C)nn(C)c3n2)cc1. The summed E-state index contributed by atoms with van der Waals surface area (Å²) in [6.07, 6.45) is 0. The van der Waals surface area contributed by atoms with Crippen LogP contribution in [0.25, 0.3) is 11.0 Å². The van der Waals surface area contributed by atoms with Gasteiger partial charge in [0, 0.05) is 24.2 Å². The number of amides is 1. The van der Waals surface area contributed by atoms with Gasteiger partial charge in [-0.05, 0) is 43.7 Å². The van der Waals surface area contributed by atoms with Crippen molar-refractivity contribution in [3.8, 4) is 11.6 Å². The van der Waals surface area contributed by atoms with E-state index >= 15 is 0 Å². The molecule has 0 aliphatic carbocycles.